The molecule has 4 fully saturated rings. The van der Waals surface area contributed by atoms with Gasteiger partial charge in [-0.05, 0) is 114 Å². The second kappa shape index (κ2) is 22.9. The molecule has 17 nitrogen and oxygen atoms in total. The van der Waals surface area contributed by atoms with E-state index in [1.807, 2.05) is 76.5 Å². The van der Waals surface area contributed by atoms with Crippen LogP contribution in [0.2, 0.25) is 0 Å². The van der Waals surface area contributed by atoms with Gasteiger partial charge < -0.3 is 45.9 Å². The van der Waals surface area contributed by atoms with E-state index >= 15 is 0 Å². The number of fused-ring (bicyclic) bond motifs is 4. The Morgan fingerprint density at radius 2 is 1.13 bits per heavy atom. The van der Waals surface area contributed by atoms with Crippen molar-refractivity contribution in [1.29, 1.82) is 0 Å². The largest absolute Gasteiger partial charge is 0.341 e. The lowest BCUT2D eigenvalue weighted by Gasteiger charge is -2.39. The van der Waals surface area contributed by atoms with E-state index in [0.717, 1.165) is 69.5 Å². The summed E-state index contributed by atoms with van der Waals surface area (Å²) in [6.45, 7) is 4.33. The van der Waals surface area contributed by atoms with Gasteiger partial charge in [-0.15, -0.1) is 0 Å². The van der Waals surface area contributed by atoms with Crippen LogP contribution in [-0.4, -0.2) is 153 Å². The number of rotatable bonds is 15. The predicted octanol–water partition coefficient (Wildman–Crippen LogP) is 5.83. The van der Waals surface area contributed by atoms with Gasteiger partial charge in [0.2, 0.25) is 35.4 Å². The maximum absolute atomic E-state index is 14.8. The maximum atomic E-state index is 14.8. The third-order valence-corrected chi connectivity index (χ3v) is 16.6. The van der Waals surface area contributed by atoms with E-state index in [-0.39, 0.29) is 85.5 Å². The molecule has 5 aliphatic heterocycles. The molecular weight excluding hydrogens is 959 g/mol. The Morgan fingerprint density at radius 3 is 1.70 bits per heavy atom. The molecule has 5 aromatic rings. The Balaban J connectivity index is 0.785. The minimum atomic E-state index is -0.984. The summed E-state index contributed by atoms with van der Waals surface area (Å²) in [5.41, 5.74) is 9.02. The van der Waals surface area contributed by atoms with Gasteiger partial charge in [-0.2, -0.15) is 0 Å². The first-order valence-corrected chi connectivity index (χ1v) is 27.3. The van der Waals surface area contributed by atoms with E-state index in [0.29, 0.717) is 57.4 Å². The van der Waals surface area contributed by atoms with E-state index in [1.165, 1.54) is 0 Å². The molecule has 8 atom stereocenters. The van der Waals surface area contributed by atoms with E-state index in [9.17, 15) is 28.8 Å². The number of aromatic nitrogens is 2. The number of amides is 6. The number of likely N-dealkylation sites (N-methyl/N-ethyl adjacent to an activating group) is 2. The van der Waals surface area contributed by atoms with Crippen LogP contribution in [0.25, 0.3) is 33.3 Å². The minimum Gasteiger partial charge on any atom is -0.341 e. The molecule has 0 unspecified atom stereocenters. The number of nitrogens with zero attached hydrogens (tertiary/aromatic N) is 6. The Hall–Kier alpha value is -7.24. The Kier molecular flexibility index (Phi) is 15.8. The van der Waals surface area contributed by atoms with Gasteiger partial charge in [-0.25, -0.2) is 4.98 Å². The molecule has 1 aromatic heterocycles. The lowest BCUT2D eigenvalue weighted by atomic mass is 9.94. The smallest absolute Gasteiger partial charge is 0.247 e. The average Bonchev–Trinajstić information content (AvgIpc) is 4.27. The zero-order chi connectivity index (χ0) is 53.0. The van der Waals surface area contributed by atoms with Crippen molar-refractivity contribution in [3.05, 3.63) is 108 Å². The zero-order valence-electron chi connectivity index (χ0n) is 44.1. The molecule has 6 amide bonds. The van der Waals surface area contributed by atoms with E-state index in [1.54, 1.807) is 37.7 Å². The molecule has 76 heavy (non-hydrogen) atoms. The van der Waals surface area contributed by atoms with Gasteiger partial charge in [0.1, 0.15) is 17.9 Å². The van der Waals surface area contributed by atoms with Crippen molar-refractivity contribution in [3.8, 4) is 22.3 Å². The molecule has 17 heteroatoms. The molecule has 4 saturated heterocycles. The lowest BCUT2D eigenvalue weighted by Crippen LogP contribution is -2.61. The molecule has 4 aromatic carbocycles. The predicted molar refractivity (Wildman–Crippen MR) is 292 cm³/mol. The maximum Gasteiger partial charge on any atom is 0.247 e. The highest BCUT2D eigenvalue weighted by Crippen LogP contribution is 2.41. The Labute approximate surface area is 444 Å². The molecule has 398 valence electrons. The molecule has 0 bridgehead atoms. The number of carbonyl (C=O) groups excluding carboxylic acids is 6. The van der Waals surface area contributed by atoms with E-state index < -0.39 is 24.2 Å². The molecule has 10 rings (SSSR count). The molecule has 0 radical (unpaired) electrons. The molecule has 6 heterocycles. The summed E-state index contributed by atoms with van der Waals surface area (Å²) in [5.74, 6) is -0.703. The van der Waals surface area contributed by atoms with E-state index in [2.05, 4.69) is 56.6 Å². The standard InChI is InChI=1S/C59H71N11O6/c1-36(60-3)56(73)64-48-34-67(31-29-40-25-27-50(69(40)58(48)75)47-33-44-42(19-13-21-45(44)62-47)38-15-7-5-8-16-38)52(71)23-11-12-24-53(72)68-32-30-41-26-28-51(70(41)59(76)49(35-68)65-57(74)37(2)61-4)55-63-46-22-14-20-43(54(46)66-55)39-17-9-6-10-18-39/h5-10,13-22,36-37,40-41,48-51,60-61H,11-12,23-35H2,1-4H3,(H,63,66)(H,64,73)(H,65,74)/t36-,37-,40+,41+,48-,49-,50-,51-/m0/s1. The van der Waals surface area contributed by atoms with Crippen molar-refractivity contribution in [3.63, 3.8) is 0 Å². The summed E-state index contributed by atoms with van der Waals surface area (Å²) in [5, 5.41) is 11.9. The molecule has 5 N–H and O–H groups in total. The number of aliphatic imine (C=N–C) groups is 1. The lowest BCUT2D eigenvalue weighted by molar-refractivity contribution is -0.144. The fourth-order valence-corrected chi connectivity index (χ4v) is 12.1. The third-order valence-electron chi connectivity index (χ3n) is 16.6. The van der Waals surface area contributed by atoms with Gasteiger partial charge in [0.25, 0.3) is 0 Å². The summed E-state index contributed by atoms with van der Waals surface area (Å²) < 4.78 is 0. The van der Waals surface area contributed by atoms with Gasteiger partial charge in [-0.3, -0.25) is 33.8 Å². The second-order valence-corrected chi connectivity index (χ2v) is 21.2. The molecule has 0 saturated carbocycles. The van der Waals surface area contributed by atoms with Crippen molar-refractivity contribution in [2.75, 3.05) is 40.3 Å². The number of imidazole rings is 1. The van der Waals surface area contributed by atoms with Gasteiger partial charge in [-0.1, -0.05) is 84.9 Å². The number of nitrogens with one attached hydrogen (secondary N) is 5. The van der Waals surface area contributed by atoms with Gasteiger partial charge in [0.15, 0.2) is 0 Å². The first-order chi connectivity index (χ1) is 36.9. The van der Waals surface area contributed by atoms with Crippen molar-refractivity contribution >= 4 is 57.9 Å². The van der Waals surface area contributed by atoms with Gasteiger partial charge >= 0.3 is 0 Å². The number of unbranched alkanes of at least 4 members (excludes halogenated alkanes) is 1. The van der Waals surface area contributed by atoms with Crippen LogP contribution < -0.4 is 21.3 Å². The number of aromatic amines is 1. The van der Waals surface area contributed by atoms with Gasteiger partial charge in [0.05, 0.1) is 40.9 Å². The first-order valence-electron chi connectivity index (χ1n) is 27.3. The topological polar surface area (TPSA) is 205 Å². The normalized spacial score (nSPS) is 23.4. The SMILES string of the molecule is CN[C@@H](C)C(=O)N[C@H]1CN(C(=O)CCCCC(=O)N2CC[C@H]3CC[C@@H](c4nc5c(-c6ccccc6)cccc5[nH]4)N3C(=O)[C@@H](NC(=O)[C@H](C)NC)C2)CC[C@H]2CC[C@@H](C3=Nc4cccc(-c5ccccc5)c4C3)N2C1=O. The number of carbonyl (C=O) groups is 6. The summed E-state index contributed by atoms with van der Waals surface area (Å²) in [6.07, 6.45) is 5.88. The number of H-pyrrole nitrogens is 1. The summed E-state index contributed by atoms with van der Waals surface area (Å²) >= 11 is 0. The van der Waals surface area contributed by atoms with Crippen molar-refractivity contribution in [1.82, 2.24) is 50.8 Å². The van der Waals surface area contributed by atoms with Gasteiger partial charge in [0, 0.05) is 68.8 Å². The van der Waals surface area contributed by atoms with Crippen LogP contribution in [0.4, 0.5) is 5.69 Å². The number of hydrogen-bond donors (Lipinski definition) is 5. The Morgan fingerprint density at radius 1 is 0.618 bits per heavy atom. The van der Waals surface area contributed by atoms with Crippen LogP contribution in [-0.2, 0) is 35.2 Å². The molecule has 5 aliphatic rings. The van der Waals surface area contributed by atoms with Crippen LogP contribution in [0, 0.1) is 0 Å². The number of para-hydroxylation sites is 1. The van der Waals surface area contributed by atoms with Crippen LogP contribution in [0.5, 0.6) is 0 Å². The highest BCUT2D eigenvalue weighted by Gasteiger charge is 2.47. The van der Waals surface area contributed by atoms with Crippen molar-refractivity contribution in [2.24, 2.45) is 4.99 Å². The van der Waals surface area contributed by atoms with Crippen molar-refractivity contribution in [2.45, 2.75) is 133 Å². The fourth-order valence-electron chi connectivity index (χ4n) is 12.1. The van der Waals surface area contributed by atoms with Crippen LogP contribution >= 0.6 is 0 Å². The van der Waals surface area contributed by atoms with Crippen LogP contribution in [0.1, 0.15) is 95.5 Å². The fraction of sp³-hybridized carbons (Fsp3) is 0.458. The Bertz CT molecular complexity index is 3000. The van der Waals surface area contributed by atoms with Crippen LogP contribution in [0.3, 0.4) is 0 Å². The zero-order valence-corrected chi connectivity index (χ0v) is 44.1. The highest BCUT2D eigenvalue weighted by atomic mass is 16.2. The monoisotopic (exact) mass is 1030 g/mol. The third kappa shape index (κ3) is 10.8. The summed E-state index contributed by atoms with van der Waals surface area (Å²) in [4.78, 5) is 106. The first kappa shape index (κ1) is 52.2. The summed E-state index contributed by atoms with van der Waals surface area (Å²) in [6, 6.07) is 28.6. The quantitative estimate of drug-likeness (QED) is 0.0800. The van der Waals surface area contributed by atoms with E-state index in [4.69, 9.17) is 9.98 Å². The summed E-state index contributed by atoms with van der Waals surface area (Å²) in [7, 11) is 3.37. The molecular formula is C59H71N11O6. The average molecular weight is 1030 g/mol. The number of hydrogen-bond acceptors (Lipinski definition) is 10. The highest BCUT2D eigenvalue weighted by molar-refractivity contribution is 6.03. The molecule has 0 aliphatic carbocycles. The second-order valence-electron chi connectivity index (χ2n) is 21.2. The van der Waals surface area contributed by atoms with Crippen molar-refractivity contribution < 1.29 is 28.8 Å². The number of benzene rings is 4. The van der Waals surface area contributed by atoms with Crippen LogP contribution in [0.15, 0.2) is 102 Å². The minimum absolute atomic E-state index is 0.0160. The molecule has 0 spiro atoms.